The zero-order valence-electron chi connectivity index (χ0n) is 9.68. The Hall–Kier alpha value is -1.19. The third-order valence-corrected chi connectivity index (χ3v) is 3.97. The standard InChI is InChI=1S/C12H17NO3/c1-7-5-9(3-4-12(7)13(15)16)11-6-10(11)8(2)14/h4,7,9-11H,3,5-6H2,1-2H3/t7?,9?,10-,11?/m1/s1. The molecule has 4 heteroatoms. The van der Waals surface area contributed by atoms with Crippen LogP contribution in [0.5, 0.6) is 0 Å². The van der Waals surface area contributed by atoms with Crippen LogP contribution in [0.15, 0.2) is 11.8 Å². The molecule has 2 aliphatic rings. The summed E-state index contributed by atoms with van der Waals surface area (Å²) in [5, 5.41) is 10.7. The monoisotopic (exact) mass is 223 g/mol. The smallest absolute Gasteiger partial charge is 0.245 e. The predicted octanol–water partition coefficient (Wildman–Crippen LogP) is 2.42. The lowest BCUT2D eigenvalue weighted by Gasteiger charge is -2.22. The summed E-state index contributed by atoms with van der Waals surface area (Å²) < 4.78 is 0. The molecule has 2 aliphatic carbocycles. The third kappa shape index (κ3) is 2.01. The first-order valence-electron chi connectivity index (χ1n) is 5.85. The number of carbonyl (C=O) groups is 1. The second-order valence-corrected chi connectivity index (χ2v) is 5.14. The van der Waals surface area contributed by atoms with E-state index >= 15 is 0 Å². The molecular weight excluding hydrogens is 206 g/mol. The van der Waals surface area contributed by atoms with E-state index in [2.05, 4.69) is 0 Å². The maximum absolute atomic E-state index is 11.2. The first-order chi connectivity index (χ1) is 7.50. The fourth-order valence-corrected chi connectivity index (χ4v) is 2.95. The molecule has 0 N–H and O–H groups in total. The number of hydrogen-bond acceptors (Lipinski definition) is 3. The average Bonchev–Trinajstić information content (AvgIpc) is 2.96. The third-order valence-electron chi connectivity index (χ3n) is 3.97. The van der Waals surface area contributed by atoms with Crippen molar-refractivity contribution < 1.29 is 9.72 Å². The van der Waals surface area contributed by atoms with Gasteiger partial charge in [-0.05, 0) is 44.1 Å². The molecule has 0 aromatic carbocycles. The Labute approximate surface area is 94.9 Å². The molecule has 4 atom stereocenters. The molecular formula is C12H17NO3. The molecule has 1 fully saturated rings. The number of hydrogen-bond donors (Lipinski definition) is 0. The minimum atomic E-state index is -0.268. The maximum Gasteiger partial charge on any atom is 0.245 e. The Bertz CT molecular complexity index is 361. The number of nitrogens with zero attached hydrogens (tertiary/aromatic N) is 1. The lowest BCUT2D eigenvalue weighted by molar-refractivity contribution is -0.435. The van der Waals surface area contributed by atoms with Crippen molar-refractivity contribution in [1.29, 1.82) is 0 Å². The number of nitro groups is 1. The molecule has 2 rings (SSSR count). The summed E-state index contributed by atoms with van der Waals surface area (Å²) in [6.45, 7) is 3.56. The van der Waals surface area contributed by atoms with E-state index in [0.717, 1.165) is 19.3 Å². The molecule has 1 saturated carbocycles. The van der Waals surface area contributed by atoms with Crippen molar-refractivity contribution in [3.8, 4) is 0 Å². The van der Waals surface area contributed by atoms with Gasteiger partial charge in [0.15, 0.2) is 0 Å². The van der Waals surface area contributed by atoms with Crippen LogP contribution in [-0.2, 0) is 4.79 Å². The van der Waals surface area contributed by atoms with Crippen molar-refractivity contribution in [2.45, 2.75) is 33.1 Å². The van der Waals surface area contributed by atoms with E-state index in [9.17, 15) is 14.9 Å². The Morgan fingerprint density at radius 2 is 2.19 bits per heavy atom. The zero-order valence-corrected chi connectivity index (χ0v) is 9.68. The minimum absolute atomic E-state index is 0.0296. The predicted molar refractivity (Wildman–Crippen MR) is 59.2 cm³/mol. The van der Waals surface area contributed by atoms with E-state index in [0.29, 0.717) is 17.5 Å². The van der Waals surface area contributed by atoms with Gasteiger partial charge < -0.3 is 0 Å². The van der Waals surface area contributed by atoms with Crippen LogP contribution < -0.4 is 0 Å². The largest absolute Gasteiger partial charge is 0.300 e. The van der Waals surface area contributed by atoms with E-state index in [1.54, 1.807) is 13.0 Å². The molecule has 0 aliphatic heterocycles. The van der Waals surface area contributed by atoms with Crippen molar-refractivity contribution in [2.75, 3.05) is 0 Å². The molecule has 0 aromatic heterocycles. The van der Waals surface area contributed by atoms with Crippen LogP contribution in [0.1, 0.15) is 33.1 Å². The first kappa shape index (κ1) is 11.3. The summed E-state index contributed by atoms with van der Waals surface area (Å²) in [6.07, 6.45) is 4.39. The molecule has 0 radical (unpaired) electrons. The number of Topliss-reactive ketones (excluding diaryl/α,β-unsaturated/α-hetero) is 1. The fourth-order valence-electron chi connectivity index (χ4n) is 2.95. The lowest BCUT2D eigenvalue weighted by Crippen LogP contribution is -2.20. The van der Waals surface area contributed by atoms with E-state index in [1.165, 1.54) is 0 Å². The minimum Gasteiger partial charge on any atom is -0.300 e. The van der Waals surface area contributed by atoms with Gasteiger partial charge in [-0.1, -0.05) is 6.92 Å². The molecule has 3 unspecified atom stereocenters. The summed E-state index contributed by atoms with van der Waals surface area (Å²) >= 11 is 0. The quantitative estimate of drug-likeness (QED) is 0.545. The number of ketones is 1. The Balaban J connectivity index is 1.98. The van der Waals surface area contributed by atoms with Gasteiger partial charge in [0, 0.05) is 11.8 Å². The summed E-state index contributed by atoms with van der Waals surface area (Å²) in [5.74, 6) is 1.52. The van der Waals surface area contributed by atoms with E-state index in [1.807, 2.05) is 6.92 Å². The van der Waals surface area contributed by atoms with Crippen molar-refractivity contribution in [3.05, 3.63) is 21.9 Å². The molecule has 0 spiro atoms. The lowest BCUT2D eigenvalue weighted by atomic mass is 9.82. The number of allylic oxidation sites excluding steroid dienone is 2. The average molecular weight is 223 g/mol. The summed E-state index contributed by atoms with van der Waals surface area (Å²) in [5.41, 5.74) is 0.358. The van der Waals surface area contributed by atoms with Gasteiger partial charge in [0.2, 0.25) is 5.70 Å². The van der Waals surface area contributed by atoms with Gasteiger partial charge in [-0.2, -0.15) is 0 Å². The van der Waals surface area contributed by atoms with Crippen LogP contribution in [0.25, 0.3) is 0 Å². The van der Waals surface area contributed by atoms with Crippen molar-refractivity contribution in [1.82, 2.24) is 0 Å². The Morgan fingerprint density at radius 1 is 1.50 bits per heavy atom. The van der Waals surface area contributed by atoms with Gasteiger partial charge in [-0.15, -0.1) is 0 Å². The maximum atomic E-state index is 11.2. The Kier molecular flexibility index (Phi) is 2.82. The second-order valence-electron chi connectivity index (χ2n) is 5.14. The zero-order chi connectivity index (χ0) is 11.9. The van der Waals surface area contributed by atoms with E-state index < -0.39 is 0 Å². The molecule has 0 heterocycles. The summed E-state index contributed by atoms with van der Waals surface area (Å²) in [7, 11) is 0. The van der Waals surface area contributed by atoms with Gasteiger partial charge in [-0.3, -0.25) is 14.9 Å². The van der Waals surface area contributed by atoms with Gasteiger partial charge in [0.25, 0.3) is 0 Å². The molecule has 0 aromatic rings. The van der Waals surface area contributed by atoms with Crippen LogP contribution >= 0.6 is 0 Å². The fraction of sp³-hybridized carbons (Fsp3) is 0.750. The van der Waals surface area contributed by atoms with Gasteiger partial charge in [0.05, 0.1) is 4.92 Å². The molecule has 4 nitrogen and oxygen atoms in total. The van der Waals surface area contributed by atoms with Crippen molar-refractivity contribution >= 4 is 5.78 Å². The van der Waals surface area contributed by atoms with E-state index in [4.69, 9.17) is 0 Å². The molecule has 0 saturated heterocycles. The van der Waals surface area contributed by atoms with Crippen LogP contribution in [0, 0.1) is 33.8 Å². The highest BCUT2D eigenvalue weighted by Crippen LogP contribution is 2.50. The normalized spacial score (nSPS) is 37.8. The SMILES string of the molecule is CC(=O)[C@H]1CC1C1CC=C([N+](=O)[O-])C(C)C1. The van der Waals surface area contributed by atoms with Crippen LogP contribution in [0.2, 0.25) is 0 Å². The first-order valence-corrected chi connectivity index (χ1v) is 5.85. The number of rotatable bonds is 3. The van der Waals surface area contributed by atoms with Crippen molar-refractivity contribution in [3.63, 3.8) is 0 Å². The highest BCUT2D eigenvalue weighted by molar-refractivity contribution is 5.81. The summed E-state index contributed by atoms with van der Waals surface area (Å²) in [4.78, 5) is 21.6. The van der Waals surface area contributed by atoms with Crippen molar-refractivity contribution in [2.24, 2.45) is 23.7 Å². The van der Waals surface area contributed by atoms with Gasteiger partial charge in [-0.25, -0.2) is 0 Å². The molecule has 0 amide bonds. The molecule has 88 valence electrons. The highest BCUT2D eigenvalue weighted by atomic mass is 16.6. The molecule has 16 heavy (non-hydrogen) atoms. The molecule has 0 bridgehead atoms. The van der Waals surface area contributed by atoms with E-state index in [-0.39, 0.29) is 22.5 Å². The van der Waals surface area contributed by atoms with Crippen LogP contribution in [0.4, 0.5) is 0 Å². The van der Waals surface area contributed by atoms with Crippen LogP contribution in [-0.4, -0.2) is 10.7 Å². The Morgan fingerprint density at radius 3 is 2.62 bits per heavy atom. The topological polar surface area (TPSA) is 60.2 Å². The second kappa shape index (κ2) is 4.00. The van der Waals surface area contributed by atoms with Crippen LogP contribution in [0.3, 0.4) is 0 Å². The summed E-state index contributed by atoms with van der Waals surface area (Å²) in [6, 6.07) is 0. The number of carbonyl (C=O) groups excluding carboxylic acids is 1. The van der Waals surface area contributed by atoms with Gasteiger partial charge >= 0.3 is 0 Å². The highest BCUT2D eigenvalue weighted by Gasteiger charge is 2.47. The van der Waals surface area contributed by atoms with Gasteiger partial charge in [0.1, 0.15) is 5.78 Å².